The van der Waals surface area contributed by atoms with Crippen molar-refractivity contribution < 1.29 is 35.1 Å². The van der Waals surface area contributed by atoms with E-state index in [1.54, 1.807) is 35.4 Å². The van der Waals surface area contributed by atoms with Gasteiger partial charge in [-0.15, -0.1) is 0 Å². The first-order chi connectivity index (χ1) is 34.0. The van der Waals surface area contributed by atoms with E-state index in [2.05, 4.69) is 110 Å². The summed E-state index contributed by atoms with van der Waals surface area (Å²) in [6, 6.07) is 40.1. The third kappa shape index (κ3) is 7.38. The summed E-state index contributed by atoms with van der Waals surface area (Å²) in [7, 11) is 0. The van der Waals surface area contributed by atoms with Gasteiger partial charge in [0, 0.05) is 16.5 Å². The van der Waals surface area contributed by atoms with Gasteiger partial charge >= 0.3 is 360 Å². The minimum absolute atomic E-state index is 0.0934. The van der Waals surface area contributed by atoms with Gasteiger partial charge in [0.05, 0.1) is 0 Å². The van der Waals surface area contributed by atoms with Gasteiger partial charge in [-0.05, 0) is 18.6 Å². The number of benzene rings is 6. The fourth-order valence-electron chi connectivity index (χ4n) is 8.32. The van der Waals surface area contributed by atoms with Crippen LogP contribution in [0.1, 0.15) is 69.2 Å². The number of imidazole rings is 1. The van der Waals surface area contributed by atoms with Gasteiger partial charge in [0.25, 0.3) is 0 Å². The molecule has 9 heteroatoms. The summed E-state index contributed by atoms with van der Waals surface area (Å²) in [5.41, 5.74) is 9.74. The van der Waals surface area contributed by atoms with Crippen LogP contribution >= 0.6 is 0 Å². The molecule has 64 heavy (non-hydrogen) atoms. The molecule has 3 aromatic heterocycles. The van der Waals surface area contributed by atoms with E-state index >= 15 is 0 Å². The third-order valence-electron chi connectivity index (χ3n) is 11.6. The molecule has 0 aliphatic carbocycles. The van der Waals surface area contributed by atoms with Gasteiger partial charge in [-0.25, -0.2) is 0 Å². The molecule has 0 saturated heterocycles. The summed E-state index contributed by atoms with van der Waals surface area (Å²) < 4.78 is 83.4. The molecule has 0 N–H and O–H groups in total. The van der Waals surface area contributed by atoms with Crippen LogP contribution < -0.4 is 9.55 Å². The molecular formula is C55H49BN6OPt-2. The average Bonchev–Trinajstić information content (AvgIpc) is 3.93. The maximum absolute atomic E-state index is 9.24. The van der Waals surface area contributed by atoms with Crippen molar-refractivity contribution in [1.29, 1.82) is 0 Å². The first-order valence-corrected chi connectivity index (χ1v) is 22.2. The molecule has 0 atom stereocenters. The fourth-order valence-corrected chi connectivity index (χ4v) is 9.39. The van der Waals surface area contributed by atoms with Crippen molar-refractivity contribution in [3.05, 3.63) is 184 Å². The van der Waals surface area contributed by atoms with E-state index in [1.807, 2.05) is 79.7 Å². The first kappa shape index (κ1) is 33.1. The summed E-state index contributed by atoms with van der Waals surface area (Å²) in [5, 5.41) is 4.46. The number of anilines is 2. The van der Waals surface area contributed by atoms with Crippen LogP contribution in [0.4, 0.5) is 11.5 Å². The van der Waals surface area contributed by atoms with E-state index in [0.29, 0.717) is 55.0 Å². The number of nitrogens with zero attached hydrogens (tertiary/aromatic N) is 6. The Morgan fingerprint density at radius 3 is 2.08 bits per heavy atom. The summed E-state index contributed by atoms with van der Waals surface area (Å²) >= 11 is 2.30. The van der Waals surface area contributed by atoms with E-state index < -0.39 is 31.9 Å². The van der Waals surface area contributed by atoms with E-state index in [1.165, 1.54) is 4.59 Å². The molecule has 0 saturated carbocycles. The molecule has 0 spiro atoms. The van der Waals surface area contributed by atoms with Gasteiger partial charge in [-0.3, -0.25) is 0 Å². The van der Waals surface area contributed by atoms with Gasteiger partial charge in [0.2, 0.25) is 0 Å². The molecule has 6 aromatic carbocycles. The number of aryl methyl sites for hydroxylation is 1. The molecule has 1 aliphatic heterocycles. The number of aromatic nitrogens is 5. The second kappa shape index (κ2) is 15.9. The van der Waals surface area contributed by atoms with Crippen LogP contribution in [0.3, 0.4) is 0 Å². The molecule has 320 valence electrons. The molecule has 10 rings (SSSR count). The number of para-hydroxylation sites is 3. The summed E-state index contributed by atoms with van der Waals surface area (Å²) in [6.45, 7) is 11.3. The molecule has 1 aliphatic rings. The number of hydrogen-bond donors (Lipinski definition) is 0. The fraction of sp³-hybridized carbons (Fsp3) is 0.182. The Hall–Kier alpha value is -6.50. The summed E-state index contributed by atoms with van der Waals surface area (Å²) in [5.74, 6) is 1.12. The van der Waals surface area contributed by atoms with Crippen molar-refractivity contribution in [1.82, 2.24) is 23.8 Å². The van der Waals surface area contributed by atoms with Gasteiger partial charge < -0.3 is 0 Å². The quantitative estimate of drug-likeness (QED) is 0.118. The zero-order valence-electron chi connectivity index (χ0n) is 44.5. The number of rotatable bonds is 7. The number of hydrogen-bond acceptors (Lipinski definition) is 4. The Bertz CT molecular complexity index is 3660. The predicted octanol–water partition coefficient (Wildman–Crippen LogP) is 13.5. The third-order valence-corrected chi connectivity index (χ3v) is 12.6. The molecule has 0 fully saturated rings. The van der Waals surface area contributed by atoms with Crippen LogP contribution in [0.25, 0.3) is 55.9 Å². The normalized spacial score (nSPS) is 14.7. The van der Waals surface area contributed by atoms with Gasteiger partial charge in [-0.1, -0.05) is 0 Å². The van der Waals surface area contributed by atoms with Gasteiger partial charge in [0.15, 0.2) is 0 Å². The van der Waals surface area contributed by atoms with Crippen molar-refractivity contribution >= 4 is 29.5 Å². The predicted molar refractivity (Wildman–Crippen MR) is 258 cm³/mol. The first-order valence-electron chi connectivity index (χ1n) is 25.1. The molecule has 0 amide bonds. The van der Waals surface area contributed by atoms with Crippen molar-refractivity contribution in [3.63, 3.8) is 0 Å². The second-order valence-corrected chi connectivity index (χ2v) is 19.1. The zero-order chi connectivity index (χ0) is 51.3. The van der Waals surface area contributed by atoms with E-state index in [0.717, 1.165) is 38.9 Å². The van der Waals surface area contributed by atoms with E-state index in [-0.39, 0.29) is 28.5 Å². The standard InChI is InChI=1S/C55H49BN6O.Pt/c1-37-26-28-57-52(30-37)61-51-35-44(24-25-47(51)48-27-29-58-62(48)56(61)8)63-43-19-14-18-42(34-43)59-36-60(50-23-13-12-22-49(50)59)53-45(38-16-10-9-11-17-38)20-15-21-46(53)39-31-40(54(2,3)4)33-41(32-39)55(5,6)7;/h9-33H,1-8H3;/q-2;/i8D3,9D,10D,11D,16D,17D;. The Balaban J connectivity index is 1.17. The van der Waals surface area contributed by atoms with Crippen LogP contribution in [-0.4, -0.2) is 30.8 Å². The number of fused-ring (bicyclic) bond motifs is 4. The number of ether oxygens (including phenoxy) is 1. The Labute approximate surface area is 398 Å². The van der Waals surface area contributed by atoms with Gasteiger partial charge in [0.1, 0.15) is 0 Å². The van der Waals surface area contributed by atoms with Crippen molar-refractivity contribution in [2.75, 3.05) is 4.81 Å². The van der Waals surface area contributed by atoms with E-state index in [9.17, 15) is 2.74 Å². The molecule has 0 radical (unpaired) electrons. The molecule has 0 bridgehead atoms. The van der Waals surface area contributed by atoms with Crippen LogP contribution in [-0.2, 0) is 30.2 Å². The van der Waals surface area contributed by atoms with Crippen molar-refractivity contribution in [2.24, 2.45) is 0 Å². The Morgan fingerprint density at radius 2 is 1.38 bits per heavy atom. The maximum atomic E-state index is 9.24. The SMILES string of the molecule is [2H]c1c([2H])c([2H])c(-c2cccc(-c3cc(C(C)(C)C)cc(C(C)(C)C)c3)c2-n2[c](=[Pt])n(-c3[c-]c(Oc4[c-]c5c(cc4)-c4ccnn4B(C([2H])([2H])[2H])N5c4cc(C)ccn4)ccc3)c3ccccc32)c([2H])c1[2H]. The van der Waals surface area contributed by atoms with Crippen LogP contribution in [0.15, 0.2) is 152 Å². The minimum atomic E-state index is -2.51. The number of pyridine rings is 1. The topological polar surface area (TPSA) is 53.0 Å². The van der Waals surface area contributed by atoms with E-state index in [4.69, 9.17) is 13.0 Å². The van der Waals surface area contributed by atoms with Gasteiger partial charge in [-0.2, -0.15) is 5.10 Å². The van der Waals surface area contributed by atoms with Crippen molar-refractivity contribution in [3.8, 4) is 56.4 Å². The molecule has 9 aromatic rings. The average molecular weight is 1020 g/mol. The molecular weight excluding hydrogens is 967 g/mol. The van der Waals surface area contributed by atoms with Crippen molar-refractivity contribution in [2.45, 2.75) is 66.0 Å². The molecule has 7 nitrogen and oxygen atoms in total. The zero-order valence-corrected chi connectivity index (χ0v) is 38.8. The monoisotopic (exact) mass is 1020 g/mol. The second-order valence-electron chi connectivity index (χ2n) is 18.1. The summed E-state index contributed by atoms with van der Waals surface area (Å²) in [6.07, 6.45) is 3.24. The van der Waals surface area contributed by atoms with Crippen LogP contribution in [0, 0.1) is 22.9 Å². The molecule has 4 heterocycles. The Kier molecular flexibility index (Phi) is 8.24. The van der Waals surface area contributed by atoms with Crippen LogP contribution in [0.2, 0.25) is 6.75 Å². The summed E-state index contributed by atoms with van der Waals surface area (Å²) in [4.78, 5) is 6.26. The molecule has 0 unspecified atom stereocenters. The van der Waals surface area contributed by atoms with Crippen LogP contribution in [0.5, 0.6) is 11.5 Å². The Morgan fingerprint density at radius 1 is 0.688 bits per heavy atom.